The second-order valence-corrected chi connectivity index (χ2v) is 4.32. The van der Waals surface area contributed by atoms with Crippen LogP contribution in [-0.4, -0.2) is 11.0 Å². The zero-order valence-electron chi connectivity index (χ0n) is 9.74. The van der Waals surface area contributed by atoms with Crippen molar-refractivity contribution in [1.82, 2.24) is 10.3 Å². The topological polar surface area (TPSA) is 24.9 Å². The quantitative estimate of drug-likeness (QED) is 0.779. The van der Waals surface area contributed by atoms with Crippen LogP contribution in [0.2, 0.25) is 0 Å². The third-order valence-corrected chi connectivity index (χ3v) is 3.25. The summed E-state index contributed by atoms with van der Waals surface area (Å²) in [7, 11) is 0. The van der Waals surface area contributed by atoms with Gasteiger partial charge in [-0.15, -0.1) is 12.3 Å². The molecule has 0 saturated carbocycles. The van der Waals surface area contributed by atoms with Crippen LogP contribution >= 0.6 is 0 Å². The smallest absolute Gasteiger partial charge is 0.0605 e. The summed E-state index contributed by atoms with van der Waals surface area (Å²) in [6, 6.07) is 5.00. The maximum absolute atomic E-state index is 5.37. The van der Waals surface area contributed by atoms with Gasteiger partial charge in [-0.2, -0.15) is 0 Å². The van der Waals surface area contributed by atoms with Crippen molar-refractivity contribution in [3.63, 3.8) is 0 Å². The number of rotatable bonds is 4. The van der Waals surface area contributed by atoms with E-state index in [-0.39, 0.29) is 0 Å². The lowest BCUT2D eigenvalue weighted by Gasteiger charge is -2.20. The molecule has 1 heterocycles. The SMILES string of the molecule is C#CCC(CC)NC1CCc2cccnc21. The number of pyridine rings is 1. The standard InChI is InChI=1S/C14H18N2/c1-3-6-12(4-2)16-13-9-8-11-7-5-10-15-14(11)13/h1,5,7,10,12-13,16H,4,6,8-9H2,2H3. The fourth-order valence-corrected chi connectivity index (χ4v) is 2.32. The molecule has 1 N–H and O–H groups in total. The molecule has 2 nitrogen and oxygen atoms in total. The zero-order valence-corrected chi connectivity index (χ0v) is 9.74. The monoisotopic (exact) mass is 214 g/mol. The summed E-state index contributed by atoms with van der Waals surface area (Å²) in [5.41, 5.74) is 2.61. The van der Waals surface area contributed by atoms with E-state index in [4.69, 9.17) is 6.42 Å². The molecule has 84 valence electrons. The minimum atomic E-state index is 0.398. The van der Waals surface area contributed by atoms with Crippen LogP contribution in [0.4, 0.5) is 0 Å². The van der Waals surface area contributed by atoms with Crippen molar-refractivity contribution in [2.45, 2.75) is 44.7 Å². The van der Waals surface area contributed by atoms with E-state index in [1.807, 2.05) is 12.3 Å². The number of aromatic nitrogens is 1. The molecule has 1 aliphatic carbocycles. The average Bonchev–Trinajstić information content (AvgIpc) is 2.72. The van der Waals surface area contributed by atoms with Gasteiger partial charge in [0.25, 0.3) is 0 Å². The lowest BCUT2D eigenvalue weighted by Crippen LogP contribution is -2.31. The third kappa shape index (κ3) is 2.25. The summed E-state index contributed by atoms with van der Waals surface area (Å²) in [4.78, 5) is 4.47. The molecule has 0 saturated heterocycles. The van der Waals surface area contributed by atoms with Gasteiger partial charge in [-0.3, -0.25) is 4.98 Å². The van der Waals surface area contributed by atoms with Crippen LogP contribution in [0.1, 0.15) is 43.5 Å². The van der Waals surface area contributed by atoms with Crippen LogP contribution in [0, 0.1) is 12.3 Å². The summed E-state index contributed by atoms with van der Waals surface area (Å²) in [6.45, 7) is 2.17. The first-order valence-electron chi connectivity index (χ1n) is 5.98. The van der Waals surface area contributed by atoms with Gasteiger partial charge in [0.1, 0.15) is 0 Å². The van der Waals surface area contributed by atoms with Crippen LogP contribution < -0.4 is 5.32 Å². The second-order valence-electron chi connectivity index (χ2n) is 4.32. The van der Waals surface area contributed by atoms with E-state index < -0.39 is 0 Å². The Balaban J connectivity index is 2.05. The Morgan fingerprint density at radius 2 is 2.56 bits per heavy atom. The van der Waals surface area contributed by atoms with Gasteiger partial charge in [-0.1, -0.05) is 13.0 Å². The second kappa shape index (κ2) is 5.14. The Hall–Kier alpha value is -1.33. The molecule has 2 rings (SSSR count). The van der Waals surface area contributed by atoms with Gasteiger partial charge < -0.3 is 5.32 Å². The summed E-state index contributed by atoms with van der Waals surface area (Å²) in [6.07, 6.45) is 11.4. The Bertz CT molecular complexity index is 392. The number of nitrogens with zero attached hydrogens (tertiary/aromatic N) is 1. The highest BCUT2D eigenvalue weighted by Gasteiger charge is 2.24. The summed E-state index contributed by atoms with van der Waals surface area (Å²) < 4.78 is 0. The average molecular weight is 214 g/mol. The molecule has 2 unspecified atom stereocenters. The number of hydrogen-bond acceptors (Lipinski definition) is 2. The predicted octanol–water partition coefficient (Wildman–Crippen LogP) is 2.46. The molecule has 2 atom stereocenters. The van der Waals surface area contributed by atoms with Crippen molar-refractivity contribution < 1.29 is 0 Å². The fraction of sp³-hybridized carbons (Fsp3) is 0.500. The maximum atomic E-state index is 5.37. The van der Waals surface area contributed by atoms with Gasteiger partial charge in [0.05, 0.1) is 11.7 Å². The van der Waals surface area contributed by atoms with Crippen molar-refractivity contribution in [3.8, 4) is 12.3 Å². The Morgan fingerprint density at radius 3 is 3.31 bits per heavy atom. The molecule has 2 heteroatoms. The predicted molar refractivity (Wildman–Crippen MR) is 66.0 cm³/mol. The Morgan fingerprint density at radius 1 is 1.69 bits per heavy atom. The normalized spacial score (nSPS) is 20.1. The number of terminal acetylenes is 1. The summed E-state index contributed by atoms with van der Waals surface area (Å²) >= 11 is 0. The van der Waals surface area contributed by atoms with Crippen LogP contribution in [0.25, 0.3) is 0 Å². The molecule has 0 fully saturated rings. The molecule has 1 aromatic rings. The van der Waals surface area contributed by atoms with Gasteiger partial charge >= 0.3 is 0 Å². The van der Waals surface area contributed by atoms with E-state index in [0.717, 1.165) is 25.7 Å². The Labute approximate surface area is 97.5 Å². The minimum Gasteiger partial charge on any atom is -0.305 e. The van der Waals surface area contributed by atoms with E-state index >= 15 is 0 Å². The molecule has 1 aliphatic rings. The number of aryl methyl sites for hydroxylation is 1. The fourth-order valence-electron chi connectivity index (χ4n) is 2.32. The van der Waals surface area contributed by atoms with Gasteiger partial charge in [0, 0.05) is 18.7 Å². The maximum Gasteiger partial charge on any atom is 0.0605 e. The molecule has 0 spiro atoms. The first kappa shape index (κ1) is 11.2. The zero-order chi connectivity index (χ0) is 11.4. The third-order valence-electron chi connectivity index (χ3n) is 3.25. The minimum absolute atomic E-state index is 0.398. The van der Waals surface area contributed by atoms with Crippen LogP contribution in [0.5, 0.6) is 0 Å². The first-order valence-corrected chi connectivity index (χ1v) is 5.98. The molecular weight excluding hydrogens is 196 g/mol. The lowest BCUT2D eigenvalue weighted by atomic mass is 10.1. The van der Waals surface area contributed by atoms with Crippen molar-refractivity contribution in [3.05, 3.63) is 29.6 Å². The van der Waals surface area contributed by atoms with Crippen molar-refractivity contribution in [1.29, 1.82) is 0 Å². The highest BCUT2D eigenvalue weighted by molar-refractivity contribution is 5.28. The van der Waals surface area contributed by atoms with Gasteiger partial charge in [0.2, 0.25) is 0 Å². The van der Waals surface area contributed by atoms with Crippen molar-refractivity contribution in [2.75, 3.05) is 0 Å². The largest absolute Gasteiger partial charge is 0.305 e. The van der Waals surface area contributed by atoms with Crippen LogP contribution in [-0.2, 0) is 6.42 Å². The first-order chi connectivity index (χ1) is 7.85. The number of fused-ring (bicyclic) bond motifs is 1. The van der Waals surface area contributed by atoms with E-state index in [1.165, 1.54) is 11.3 Å². The van der Waals surface area contributed by atoms with E-state index in [9.17, 15) is 0 Å². The highest BCUT2D eigenvalue weighted by Crippen LogP contribution is 2.29. The number of hydrogen-bond donors (Lipinski definition) is 1. The lowest BCUT2D eigenvalue weighted by molar-refractivity contribution is 0.422. The number of nitrogens with one attached hydrogen (secondary N) is 1. The van der Waals surface area contributed by atoms with Crippen molar-refractivity contribution in [2.24, 2.45) is 0 Å². The van der Waals surface area contributed by atoms with Gasteiger partial charge in [-0.05, 0) is 30.9 Å². The molecule has 0 aromatic carbocycles. The molecule has 0 radical (unpaired) electrons. The van der Waals surface area contributed by atoms with E-state index in [0.29, 0.717) is 12.1 Å². The van der Waals surface area contributed by atoms with Crippen LogP contribution in [0.3, 0.4) is 0 Å². The molecule has 0 bridgehead atoms. The van der Waals surface area contributed by atoms with Crippen molar-refractivity contribution >= 4 is 0 Å². The highest BCUT2D eigenvalue weighted by atomic mass is 15.0. The summed E-state index contributed by atoms with van der Waals surface area (Å²) in [5.74, 6) is 2.73. The van der Waals surface area contributed by atoms with Crippen LogP contribution in [0.15, 0.2) is 18.3 Å². The van der Waals surface area contributed by atoms with Gasteiger partial charge in [0.15, 0.2) is 0 Å². The van der Waals surface area contributed by atoms with E-state index in [1.54, 1.807) is 0 Å². The molecule has 0 amide bonds. The van der Waals surface area contributed by atoms with E-state index in [2.05, 4.69) is 29.2 Å². The molecule has 1 aromatic heterocycles. The molecule has 16 heavy (non-hydrogen) atoms. The summed E-state index contributed by atoms with van der Waals surface area (Å²) in [5, 5.41) is 3.62. The molecular formula is C14H18N2. The Kier molecular flexibility index (Phi) is 3.58. The van der Waals surface area contributed by atoms with Gasteiger partial charge in [-0.25, -0.2) is 0 Å². The molecule has 0 aliphatic heterocycles.